The van der Waals surface area contributed by atoms with E-state index in [4.69, 9.17) is 5.73 Å². The Balaban J connectivity index is 0.00000162. The highest BCUT2D eigenvalue weighted by atomic mass is 35.5. The number of thiazole rings is 1. The second-order valence-corrected chi connectivity index (χ2v) is 5.78. The van der Waals surface area contributed by atoms with Crippen LogP contribution in [0.5, 0.6) is 0 Å². The predicted molar refractivity (Wildman–Crippen MR) is 83.2 cm³/mol. The van der Waals surface area contributed by atoms with Crippen molar-refractivity contribution in [2.75, 3.05) is 0 Å². The summed E-state index contributed by atoms with van der Waals surface area (Å²) in [5.41, 5.74) is 6.65. The highest BCUT2D eigenvalue weighted by molar-refractivity contribution is 7.09. The topological polar surface area (TPSA) is 68.0 Å². The smallest absolute Gasteiger partial charge is 0.222 e. The molecule has 4 nitrogen and oxygen atoms in total. The van der Waals surface area contributed by atoms with Gasteiger partial charge in [0, 0.05) is 23.5 Å². The van der Waals surface area contributed by atoms with Gasteiger partial charge in [0.05, 0.1) is 6.04 Å². The SMILES string of the molecule is Cc1csc(C(NC(=O)CC(C)N)C2CC2)n1.Cl.Cl. The van der Waals surface area contributed by atoms with E-state index in [2.05, 4.69) is 10.3 Å². The van der Waals surface area contributed by atoms with Gasteiger partial charge in [-0.25, -0.2) is 4.98 Å². The molecular formula is C12H21Cl2N3OS. The number of aryl methyl sites for hydroxylation is 1. The Labute approximate surface area is 130 Å². The molecule has 0 bridgehead atoms. The number of carbonyl (C=O) groups is 1. The Hall–Kier alpha value is -0.360. The van der Waals surface area contributed by atoms with Gasteiger partial charge in [0.15, 0.2) is 0 Å². The van der Waals surface area contributed by atoms with Gasteiger partial charge in [-0.3, -0.25) is 4.79 Å². The fourth-order valence-corrected chi connectivity index (χ4v) is 2.79. The highest BCUT2D eigenvalue weighted by Crippen LogP contribution is 2.41. The largest absolute Gasteiger partial charge is 0.347 e. The molecule has 2 unspecified atom stereocenters. The van der Waals surface area contributed by atoms with Crippen molar-refractivity contribution in [2.45, 2.75) is 45.2 Å². The van der Waals surface area contributed by atoms with Crippen molar-refractivity contribution in [3.05, 3.63) is 16.1 Å². The lowest BCUT2D eigenvalue weighted by atomic mass is 10.1. The van der Waals surface area contributed by atoms with Crippen LogP contribution in [0.2, 0.25) is 0 Å². The van der Waals surface area contributed by atoms with E-state index in [1.54, 1.807) is 11.3 Å². The Bertz CT molecular complexity index is 407. The fourth-order valence-electron chi connectivity index (χ4n) is 1.85. The predicted octanol–water partition coefficient (Wildman–Crippen LogP) is 2.60. The number of amides is 1. The molecule has 1 aliphatic rings. The molecule has 0 saturated heterocycles. The van der Waals surface area contributed by atoms with E-state index in [1.165, 1.54) is 12.8 Å². The van der Waals surface area contributed by atoms with E-state index >= 15 is 0 Å². The molecular weight excluding hydrogens is 305 g/mol. The van der Waals surface area contributed by atoms with Crippen LogP contribution in [-0.2, 0) is 4.79 Å². The summed E-state index contributed by atoms with van der Waals surface area (Å²) >= 11 is 1.63. The van der Waals surface area contributed by atoms with Crippen LogP contribution in [0.1, 0.15) is 42.9 Å². The lowest BCUT2D eigenvalue weighted by Crippen LogP contribution is -2.33. The molecule has 0 aliphatic heterocycles. The van der Waals surface area contributed by atoms with Crippen LogP contribution in [0.3, 0.4) is 0 Å². The highest BCUT2D eigenvalue weighted by Gasteiger charge is 2.35. The average molecular weight is 326 g/mol. The molecule has 2 atom stereocenters. The molecule has 110 valence electrons. The summed E-state index contributed by atoms with van der Waals surface area (Å²) in [6.07, 6.45) is 2.75. The molecule has 1 heterocycles. The third-order valence-corrected chi connectivity index (χ3v) is 3.87. The quantitative estimate of drug-likeness (QED) is 0.874. The summed E-state index contributed by atoms with van der Waals surface area (Å²) < 4.78 is 0. The first-order chi connectivity index (χ1) is 8.06. The van der Waals surface area contributed by atoms with Gasteiger partial charge >= 0.3 is 0 Å². The van der Waals surface area contributed by atoms with E-state index in [0.29, 0.717) is 12.3 Å². The number of aromatic nitrogens is 1. The summed E-state index contributed by atoms with van der Waals surface area (Å²) in [5.74, 6) is 0.599. The maximum absolute atomic E-state index is 11.8. The van der Waals surface area contributed by atoms with Crippen molar-refractivity contribution in [3.63, 3.8) is 0 Å². The maximum Gasteiger partial charge on any atom is 0.222 e. The van der Waals surface area contributed by atoms with Gasteiger partial charge in [-0.2, -0.15) is 0 Å². The Morgan fingerprint density at radius 1 is 1.58 bits per heavy atom. The number of hydrogen-bond acceptors (Lipinski definition) is 4. The van der Waals surface area contributed by atoms with Crippen LogP contribution in [0.15, 0.2) is 5.38 Å². The molecule has 0 aromatic carbocycles. The number of nitrogens with two attached hydrogens (primary N) is 1. The molecule has 0 spiro atoms. The fraction of sp³-hybridized carbons (Fsp3) is 0.667. The number of nitrogens with one attached hydrogen (secondary N) is 1. The molecule has 2 rings (SSSR count). The minimum atomic E-state index is -0.0899. The van der Waals surface area contributed by atoms with Gasteiger partial charge in [-0.1, -0.05) is 0 Å². The van der Waals surface area contributed by atoms with Crippen molar-refractivity contribution < 1.29 is 4.79 Å². The average Bonchev–Trinajstić information content (AvgIpc) is 2.97. The Kier molecular flexibility index (Phi) is 7.89. The van der Waals surface area contributed by atoms with Gasteiger partial charge in [0.2, 0.25) is 5.91 Å². The zero-order valence-corrected chi connectivity index (χ0v) is 13.5. The number of nitrogens with zero attached hydrogens (tertiary/aromatic N) is 1. The first-order valence-corrected chi connectivity index (χ1v) is 6.91. The van der Waals surface area contributed by atoms with E-state index < -0.39 is 0 Å². The normalized spacial score (nSPS) is 16.8. The van der Waals surface area contributed by atoms with Crippen LogP contribution >= 0.6 is 36.2 Å². The molecule has 19 heavy (non-hydrogen) atoms. The standard InChI is InChI=1S/C12H19N3OS.2ClH/c1-7(13)5-10(16)15-11(9-3-4-9)12-14-8(2)6-17-12;;/h6-7,9,11H,3-5,13H2,1-2H3,(H,15,16);2*1H. The number of rotatable bonds is 5. The molecule has 3 N–H and O–H groups in total. The van der Waals surface area contributed by atoms with Gasteiger partial charge < -0.3 is 11.1 Å². The van der Waals surface area contributed by atoms with Gasteiger partial charge in [0.1, 0.15) is 5.01 Å². The van der Waals surface area contributed by atoms with E-state index in [0.717, 1.165) is 10.7 Å². The van der Waals surface area contributed by atoms with E-state index in [-0.39, 0.29) is 42.8 Å². The van der Waals surface area contributed by atoms with Gasteiger partial charge in [-0.05, 0) is 32.6 Å². The van der Waals surface area contributed by atoms with E-state index in [9.17, 15) is 4.79 Å². The first kappa shape index (κ1) is 18.6. The molecule has 1 aromatic heterocycles. The lowest BCUT2D eigenvalue weighted by Gasteiger charge is -2.16. The van der Waals surface area contributed by atoms with Crippen molar-refractivity contribution >= 4 is 42.1 Å². The van der Waals surface area contributed by atoms with Crippen molar-refractivity contribution in [3.8, 4) is 0 Å². The lowest BCUT2D eigenvalue weighted by molar-refractivity contribution is -0.122. The van der Waals surface area contributed by atoms with Crippen molar-refractivity contribution in [2.24, 2.45) is 11.7 Å². The molecule has 1 amide bonds. The van der Waals surface area contributed by atoms with Crippen LogP contribution in [0, 0.1) is 12.8 Å². The number of carbonyl (C=O) groups excluding carboxylic acids is 1. The van der Waals surface area contributed by atoms with E-state index in [1.807, 2.05) is 19.2 Å². The first-order valence-electron chi connectivity index (χ1n) is 6.03. The van der Waals surface area contributed by atoms with Crippen molar-refractivity contribution in [1.82, 2.24) is 10.3 Å². The minimum Gasteiger partial charge on any atom is -0.347 e. The Morgan fingerprint density at radius 2 is 2.21 bits per heavy atom. The van der Waals surface area contributed by atoms with Crippen LogP contribution in [0.4, 0.5) is 0 Å². The number of hydrogen-bond donors (Lipinski definition) is 2. The maximum atomic E-state index is 11.8. The second-order valence-electron chi connectivity index (χ2n) is 4.89. The van der Waals surface area contributed by atoms with Gasteiger partial charge in [0.25, 0.3) is 0 Å². The van der Waals surface area contributed by atoms with Crippen LogP contribution in [0.25, 0.3) is 0 Å². The third kappa shape index (κ3) is 5.65. The summed E-state index contributed by atoms with van der Waals surface area (Å²) in [6, 6.07) is 0.00725. The molecule has 0 radical (unpaired) electrons. The summed E-state index contributed by atoms with van der Waals surface area (Å²) in [7, 11) is 0. The summed E-state index contributed by atoms with van der Waals surface area (Å²) in [6.45, 7) is 3.83. The molecule has 1 fully saturated rings. The minimum absolute atomic E-state index is 0. The third-order valence-electron chi connectivity index (χ3n) is 2.82. The molecule has 1 aromatic rings. The zero-order chi connectivity index (χ0) is 12.4. The van der Waals surface area contributed by atoms with Crippen LogP contribution < -0.4 is 11.1 Å². The molecule has 7 heteroatoms. The number of halogens is 2. The summed E-state index contributed by atoms with van der Waals surface area (Å²) in [5, 5.41) is 6.13. The van der Waals surface area contributed by atoms with Gasteiger partial charge in [-0.15, -0.1) is 36.2 Å². The second kappa shape index (κ2) is 8.04. The van der Waals surface area contributed by atoms with Crippen molar-refractivity contribution in [1.29, 1.82) is 0 Å². The molecule has 1 aliphatic carbocycles. The summed E-state index contributed by atoms with van der Waals surface area (Å²) in [4.78, 5) is 16.2. The van der Waals surface area contributed by atoms with Crippen LogP contribution in [-0.4, -0.2) is 16.9 Å². The zero-order valence-electron chi connectivity index (χ0n) is 11.1. The Morgan fingerprint density at radius 3 is 2.63 bits per heavy atom. The molecule has 1 saturated carbocycles. The monoisotopic (exact) mass is 325 g/mol.